The Bertz CT molecular complexity index is 545. The third kappa shape index (κ3) is 4.56. The Morgan fingerprint density at radius 2 is 1.81 bits per heavy atom. The predicted molar refractivity (Wildman–Crippen MR) is 82.1 cm³/mol. The summed E-state index contributed by atoms with van der Waals surface area (Å²) in [5, 5.41) is 22.7. The fourth-order valence-electron chi connectivity index (χ4n) is 2.07. The van der Waals surface area contributed by atoms with Gasteiger partial charge in [0.05, 0.1) is 6.10 Å². The van der Waals surface area contributed by atoms with Gasteiger partial charge in [0.2, 0.25) is 0 Å². The average molecular weight is 287 g/mol. The van der Waals surface area contributed by atoms with E-state index in [1.807, 2.05) is 42.5 Å². The topological polar surface area (TPSA) is 61.7 Å². The van der Waals surface area contributed by atoms with Gasteiger partial charge in [0.15, 0.2) is 0 Å². The van der Waals surface area contributed by atoms with Crippen LogP contribution in [0.15, 0.2) is 54.6 Å². The molecule has 112 valence electrons. The van der Waals surface area contributed by atoms with Crippen molar-refractivity contribution in [2.24, 2.45) is 0 Å². The number of benzene rings is 2. The molecule has 2 aromatic carbocycles. The Kier molecular flexibility index (Phi) is 5.75. The zero-order valence-corrected chi connectivity index (χ0v) is 12.1. The number of rotatable bonds is 7. The number of hydrogen-bond donors (Lipinski definition) is 3. The van der Waals surface area contributed by atoms with Crippen LogP contribution in [0.1, 0.15) is 17.2 Å². The van der Waals surface area contributed by atoms with Crippen LogP contribution in [0.3, 0.4) is 0 Å². The molecule has 0 radical (unpaired) electrons. The second-order valence-electron chi connectivity index (χ2n) is 4.92. The van der Waals surface area contributed by atoms with Crippen LogP contribution in [0.25, 0.3) is 0 Å². The van der Waals surface area contributed by atoms with Crippen LogP contribution in [0, 0.1) is 0 Å². The summed E-state index contributed by atoms with van der Waals surface area (Å²) in [7, 11) is 1.73. The van der Waals surface area contributed by atoms with Crippen molar-refractivity contribution in [2.75, 3.05) is 13.6 Å². The van der Waals surface area contributed by atoms with Crippen LogP contribution in [-0.4, -0.2) is 29.9 Å². The molecule has 0 saturated carbocycles. The molecule has 4 nitrogen and oxygen atoms in total. The molecule has 2 unspecified atom stereocenters. The molecular weight excluding hydrogens is 266 g/mol. The highest BCUT2D eigenvalue weighted by molar-refractivity contribution is 5.30. The van der Waals surface area contributed by atoms with E-state index in [9.17, 15) is 10.2 Å². The molecule has 2 aromatic rings. The lowest BCUT2D eigenvalue weighted by Crippen LogP contribution is -2.29. The molecule has 0 fully saturated rings. The van der Waals surface area contributed by atoms with Crippen LogP contribution in [0.5, 0.6) is 5.75 Å². The Hall–Kier alpha value is -1.88. The first-order valence-corrected chi connectivity index (χ1v) is 6.98. The maximum Gasteiger partial charge on any atom is 0.120 e. The van der Waals surface area contributed by atoms with Crippen LogP contribution < -0.4 is 10.1 Å². The number of nitrogens with one attached hydrogen (secondary N) is 1. The normalized spacial score (nSPS) is 13.7. The molecule has 21 heavy (non-hydrogen) atoms. The number of aliphatic hydroxyl groups is 2. The van der Waals surface area contributed by atoms with Crippen molar-refractivity contribution in [2.45, 2.75) is 18.8 Å². The van der Waals surface area contributed by atoms with Crippen molar-refractivity contribution in [1.82, 2.24) is 5.32 Å². The molecule has 0 spiro atoms. The van der Waals surface area contributed by atoms with Crippen molar-refractivity contribution >= 4 is 0 Å². The third-order valence-electron chi connectivity index (χ3n) is 3.23. The summed E-state index contributed by atoms with van der Waals surface area (Å²) in [4.78, 5) is 0. The smallest absolute Gasteiger partial charge is 0.120 e. The van der Waals surface area contributed by atoms with Gasteiger partial charge in [-0.25, -0.2) is 0 Å². The van der Waals surface area contributed by atoms with Gasteiger partial charge in [-0.3, -0.25) is 0 Å². The lowest BCUT2D eigenvalue weighted by atomic mass is 10.0. The molecule has 2 atom stereocenters. The van der Waals surface area contributed by atoms with Crippen molar-refractivity contribution in [3.05, 3.63) is 65.7 Å². The summed E-state index contributed by atoms with van der Waals surface area (Å²) in [6.45, 7) is 0.801. The van der Waals surface area contributed by atoms with Crippen LogP contribution in [0.4, 0.5) is 0 Å². The SMILES string of the molecule is CNCC(O)C(O)c1cccc(OCc2ccccc2)c1. The fraction of sp³-hybridized carbons (Fsp3) is 0.294. The highest BCUT2D eigenvalue weighted by Gasteiger charge is 2.17. The van der Waals surface area contributed by atoms with Gasteiger partial charge < -0.3 is 20.3 Å². The van der Waals surface area contributed by atoms with E-state index in [0.717, 1.165) is 5.56 Å². The first kappa shape index (κ1) is 15.5. The first-order chi connectivity index (χ1) is 10.2. The Morgan fingerprint density at radius 1 is 1.05 bits per heavy atom. The largest absolute Gasteiger partial charge is 0.489 e. The average Bonchev–Trinajstić information content (AvgIpc) is 2.54. The quantitative estimate of drug-likeness (QED) is 0.727. The lowest BCUT2D eigenvalue weighted by Gasteiger charge is -2.18. The molecule has 0 aromatic heterocycles. The van der Waals surface area contributed by atoms with E-state index < -0.39 is 12.2 Å². The van der Waals surface area contributed by atoms with E-state index in [4.69, 9.17) is 4.74 Å². The summed E-state index contributed by atoms with van der Waals surface area (Å²) >= 11 is 0. The molecule has 0 heterocycles. The number of likely N-dealkylation sites (N-methyl/N-ethyl adjacent to an activating group) is 1. The zero-order chi connectivity index (χ0) is 15.1. The molecule has 0 amide bonds. The van der Waals surface area contributed by atoms with Gasteiger partial charge in [0.25, 0.3) is 0 Å². The summed E-state index contributed by atoms with van der Waals surface area (Å²) in [5.41, 5.74) is 1.72. The Labute approximate surface area is 125 Å². The Morgan fingerprint density at radius 3 is 2.52 bits per heavy atom. The highest BCUT2D eigenvalue weighted by Crippen LogP contribution is 2.22. The summed E-state index contributed by atoms with van der Waals surface area (Å²) in [6.07, 6.45) is -1.78. The highest BCUT2D eigenvalue weighted by atomic mass is 16.5. The number of aliphatic hydroxyl groups excluding tert-OH is 2. The minimum atomic E-state index is -0.933. The van der Waals surface area contributed by atoms with Gasteiger partial charge in [-0.15, -0.1) is 0 Å². The first-order valence-electron chi connectivity index (χ1n) is 6.98. The maximum atomic E-state index is 10.1. The van der Waals surface area contributed by atoms with E-state index in [2.05, 4.69) is 5.32 Å². The van der Waals surface area contributed by atoms with Crippen LogP contribution in [-0.2, 0) is 6.61 Å². The van der Waals surface area contributed by atoms with Gasteiger partial charge in [0.1, 0.15) is 18.5 Å². The fourth-order valence-corrected chi connectivity index (χ4v) is 2.07. The zero-order valence-electron chi connectivity index (χ0n) is 12.1. The second-order valence-corrected chi connectivity index (χ2v) is 4.92. The third-order valence-corrected chi connectivity index (χ3v) is 3.23. The summed E-state index contributed by atoms with van der Waals surface area (Å²) in [6, 6.07) is 17.1. The van der Waals surface area contributed by atoms with Crippen molar-refractivity contribution in [3.8, 4) is 5.75 Å². The van der Waals surface area contributed by atoms with Crippen molar-refractivity contribution in [1.29, 1.82) is 0 Å². The molecule has 0 saturated heterocycles. The van der Waals surface area contributed by atoms with Crippen LogP contribution in [0.2, 0.25) is 0 Å². The molecule has 2 rings (SSSR count). The van der Waals surface area contributed by atoms with Gasteiger partial charge in [-0.2, -0.15) is 0 Å². The molecule has 0 aliphatic heterocycles. The van der Waals surface area contributed by atoms with E-state index in [-0.39, 0.29) is 0 Å². The molecule has 0 aliphatic rings. The standard InChI is InChI=1S/C17H21NO3/c1-18-11-16(19)17(20)14-8-5-9-15(10-14)21-12-13-6-3-2-4-7-13/h2-10,16-20H,11-12H2,1H3. The number of hydrogen-bond acceptors (Lipinski definition) is 4. The van der Waals surface area contributed by atoms with Gasteiger partial charge in [-0.05, 0) is 30.3 Å². The lowest BCUT2D eigenvalue weighted by molar-refractivity contribution is 0.0201. The molecule has 3 N–H and O–H groups in total. The monoisotopic (exact) mass is 287 g/mol. The van der Waals surface area contributed by atoms with Gasteiger partial charge in [0, 0.05) is 6.54 Å². The van der Waals surface area contributed by atoms with E-state index in [1.54, 1.807) is 19.2 Å². The molecule has 0 bridgehead atoms. The predicted octanol–water partition coefficient (Wildman–Crippen LogP) is 1.88. The van der Waals surface area contributed by atoms with Gasteiger partial charge in [-0.1, -0.05) is 42.5 Å². The molecule has 4 heteroatoms. The minimum Gasteiger partial charge on any atom is -0.489 e. The second kappa shape index (κ2) is 7.78. The summed E-state index contributed by atoms with van der Waals surface area (Å²) in [5.74, 6) is 0.673. The van der Waals surface area contributed by atoms with E-state index in [1.165, 1.54) is 0 Å². The number of ether oxygens (including phenoxy) is 1. The maximum absolute atomic E-state index is 10.1. The minimum absolute atomic E-state index is 0.330. The summed E-state index contributed by atoms with van der Waals surface area (Å²) < 4.78 is 5.71. The molecular formula is C17H21NO3. The van der Waals surface area contributed by atoms with E-state index >= 15 is 0 Å². The van der Waals surface area contributed by atoms with Crippen molar-refractivity contribution < 1.29 is 14.9 Å². The van der Waals surface area contributed by atoms with Gasteiger partial charge >= 0.3 is 0 Å². The van der Waals surface area contributed by atoms with Crippen LogP contribution >= 0.6 is 0 Å². The van der Waals surface area contributed by atoms with E-state index in [0.29, 0.717) is 24.5 Å². The Balaban J connectivity index is 2.00. The van der Waals surface area contributed by atoms with Crippen molar-refractivity contribution in [3.63, 3.8) is 0 Å². The molecule has 0 aliphatic carbocycles.